The first-order chi connectivity index (χ1) is 8.31. The van der Waals surface area contributed by atoms with Crippen molar-refractivity contribution in [1.29, 1.82) is 0 Å². The number of aromatic nitrogens is 3. The minimum atomic E-state index is 0.447. The maximum absolute atomic E-state index is 5.56. The highest BCUT2D eigenvalue weighted by Gasteiger charge is 2.06. The molecule has 0 radical (unpaired) electrons. The van der Waals surface area contributed by atoms with Crippen molar-refractivity contribution in [3.8, 4) is 0 Å². The van der Waals surface area contributed by atoms with Crippen molar-refractivity contribution < 1.29 is 0 Å². The van der Waals surface area contributed by atoms with Crippen molar-refractivity contribution in [3.63, 3.8) is 0 Å². The molecule has 4 nitrogen and oxygen atoms in total. The standard InChI is InChI=1S/C13H18N4/c1-17-12(15-16-13(17)10-14)9-5-8-11-6-3-2-4-7-11/h2-4,6-7H,5,8-10,14H2,1H3. The van der Waals surface area contributed by atoms with Gasteiger partial charge in [-0.2, -0.15) is 0 Å². The Hall–Kier alpha value is -1.68. The van der Waals surface area contributed by atoms with Crippen molar-refractivity contribution >= 4 is 0 Å². The van der Waals surface area contributed by atoms with E-state index in [-0.39, 0.29) is 0 Å². The zero-order valence-electron chi connectivity index (χ0n) is 10.1. The van der Waals surface area contributed by atoms with Gasteiger partial charge < -0.3 is 10.3 Å². The van der Waals surface area contributed by atoms with Crippen LogP contribution in [0.1, 0.15) is 23.6 Å². The van der Waals surface area contributed by atoms with Gasteiger partial charge in [0.25, 0.3) is 0 Å². The smallest absolute Gasteiger partial charge is 0.146 e. The molecular formula is C13H18N4. The summed E-state index contributed by atoms with van der Waals surface area (Å²) in [5.74, 6) is 1.86. The van der Waals surface area contributed by atoms with Gasteiger partial charge in [0.1, 0.15) is 11.6 Å². The number of hydrogen-bond donors (Lipinski definition) is 1. The molecule has 90 valence electrons. The minimum Gasteiger partial charge on any atom is -0.324 e. The molecule has 4 heteroatoms. The lowest BCUT2D eigenvalue weighted by molar-refractivity contribution is 0.702. The summed E-state index contributed by atoms with van der Waals surface area (Å²) in [5, 5.41) is 8.20. The number of rotatable bonds is 5. The Bertz CT molecular complexity index is 462. The first kappa shape index (κ1) is 11.8. The number of hydrogen-bond acceptors (Lipinski definition) is 3. The van der Waals surface area contributed by atoms with Crippen molar-refractivity contribution in [3.05, 3.63) is 47.5 Å². The Balaban J connectivity index is 1.88. The number of aryl methyl sites for hydroxylation is 2. The molecule has 0 aliphatic rings. The number of nitrogens with two attached hydrogens (primary N) is 1. The molecule has 0 spiro atoms. The molecule has 17 heavy (non-hydrogen) atoms. The molecule has 0 aliphatic carbocycles. The Morgan fingerprint density at radius 3 is 2.41 bits per heavy atom. The summed E-state index contributed by atoms with van der Waals surface area (Å²) >= 11 is 0. The molecule has 1 heterocycles. The van der Waals surface area contributed by atoms with Crippen LogP contribution >= 0.6 is 0 Å². The fraction of sp³-hybridized carbons (Fsp3) is 0.385. The Morgan fingerprint density at radius 2 is 1.76 bits per heavy atom. The molecule has 0 fully saturated rings. The van der Waals surface area contributed by atoms with E-state index < -0.39 is 0 Å². The van der Waals surface area contributed by atoms with Gasteiger partial charge in [-0.3, -0.25) is 0 Å². The van der Waals surface area contributed by atoms with E-state index in [0.717, 1.165) is 30.9 Å². The van der Waals surface area contributed by atoms with E-state index in [1.54, 1.807) is 0 Å². The highest BCUT2D eigenvalue weighted by atomic mass is 15.3. The third kappa shape index (κ3) is 2.91. The summed E-state index contributed by atoms with van der Waals surface area (Å²) in [7, 11) is 1.97. The van der Waals surface area contributed by atoms with E-state index >= 15 is 0 Å². The molecule has 0 amide bonds. The Morgan fingerprint density at radius 1 is 1.06 bits per heavy atom. The quantitative estimate of drug-likeness (QED) is 0.845. The third-order valence-corrected chi connectivity index (χ3v) is 2.95. The maximum Gasteiger partial charge on any atom is 0.146 e. The average molecular weight is 230 g/mol. The fourth-order valence-corrected chi connectivity index (χ4v) is 1.89. The summed E-state index contributed by atoms with van der Waals surface area (Å²) in [6.07, 6.45) is 3.10. The maximum atomic E-state index is 5.56. The van der Waals surface area contributed by atoms with Crippen LogP contribution in [0.2, 0.25) is 0 Å². The predicted molar refractivity (Wildman–Crippen MR) is 67.4 cm³/mol. The number of benzene rings is 1. The van der Waals surface area contributed by atoms with Crippen LogP contribution in [0, 0.1) is 0 Å². The highest BCUT2D eigenvalue weighted by Crippen LogP contribution is 2.07. The van der Waals surface area contributed by atoms with Crippen LogP contribution in [-0.4, -0.2) is 14.8 Å². The lowest BCUT2D eigenvalue weighted by Crippen LogP contribution is -2.07. The summed E-state index contributed by atoms with van der Waals surface area (Å²) in [6, 6.07) is 10.5. The van der Waals surface area contributed by atoms with Crippen LogP contribution in [0.5, 0.6) is 0 Å². The summed E-state index contributed by atoms with van der Waals surface area (Å²) in [5.41, 5.74) is 6.93. The largest absolute Gasteiger partial charge is 0.324 e. The van der Waals surface area contributed by atoms with E-state index in [0.29, 0.717) is 6.54 Å². The van der Waals surface area contributed by atoms with Gasteiger partial charge in [-0.1, -0.05) is 30.3 Å². The SMILES string of the molecule is Cn1c(CN)nnc1CCCc1ccccc1. The van der Waals surface area contributed by atoms with Gasteiger partial charge in [0.2, 0.25) is 0 Å². The van der Waals surface area contributed by atoms with Crippen LogP contribution in [0.3, 0.4) is 0 Å². The van der Waals surface area contributed by atoms with Gasteiger partial charge in [0.15, 0.2) is 0 Å². The normalized spacial score (nSPS) is 10.7. The molecule has 2 aromatic rings. The summed E-state index contributed by atoms with van der Waals surface area (Å²) < 4.78 is 1.99. The summed E-state index contributed by atoms with van der Waals surface area (Å²) in [4.78, 5) is 0. The van der Waals surface area contributed by atoms with E-state index in [4.69, 9.17) is 5.73 Å². The van der Waals surface area contributed by atoms with E-state index in [2.05, 4.69) is 34.5 Å². The van der Waals surface area contributed by atoms with Gasteiger partial charge in [-0.15, -0.1) is 10.2 Å². The highest BCUT2D eigenvalue weighted by molar-refractivity contribution is 5.14. The second-order valence-corrected chi connectivity index (χ2v) is 4.13. The Labute approximate surface area is 101 Å². The first-order valence-corrected chi connectivity index (χ1v) is 5.92. The van der Waals surface area contributed by atoms with E-state index in [1.165, 1.54) is 5.56 Å². The average Bonchev–Trinajstić information content (AvgIpc) is 2.72. The van der Waals surface area contributed by atoms with Crippen LogP contribution in [0.4, 0.5) is 0 Å². The van der Waals surface area contributed by atoms with Crippen molar-refractivity contribution in [2.24, 2.45) is 12.8 Å². The lowest BCUT2D eigenvalue weighted by atomic mass is 10.1. The molecule has 0 atom stereocenters. The molecule has 0 bridgehead atoms. The van der Waals surface area contributed by atoms with Gasteiger partial charge in [-0.25, -0.2) is 0 Å². The van der Waals surface area contributed by atoms with Crippen LogP contribution < -0.4 is 5.73 Å². The zero-order chi connectivity index (χ0) is 12.1. The second kappa shape index (κ2) is 5.59. The molecule has 0 saturated carbocycles. The Kier molecular flexibility index (Phi) is 3.88. The van der Waals surface area contributed by atoms with Crippen LogP contribution in [0.25, 0.3) is 0 Å². The van der Waals surface area contributed by atoms with Gasteiger partial charge >= 0.3 is 0 Å². The zero-order valence-corrected chi connectivity index (χ0v) is 10.1. The first-order valence-electron chi connectivity index (χ1n) is 5.92. The molecule has 1 aromatic heterocycles. The number of nitrogens with zero attached hydrogens (tertiary/aromatic N) is 3. The lowest BCUT2D eigenvalue weighted by Gasteiger charge is -2.03. The topological polar surface area (TPSA) is 56.7 Å². The van der Waals surface area contributed by atoms with Crippen molar-refractivity contribution in [1.82, 2.24) is 14.8 Å². The minimum absolute atomic E-state index is 0.447. The fourth-order valence-electron chi connectivity index (χ4n) is 1.89. The molecule has 1 aromatic carbocycles. The molecule has 2 N–H and O–H groups in total. The molecule has 2 rings (SSSR count). The van der Waals surface area contributed by atoms with Crippen molar-refractivity contribution in [2.45, 2.75) is 25.8 Å². The molecule has 0 aliphatic heterocycles. The monoisotopic (exact) mass is 230 g/mol. The van der Waals surface area contributed by atoms with Gasteiger partial charge in [0.05, 0.1) is 6.54 Å². The molecule has 0 saturated heterocycles. The van der Waals surface area contributed by atoms with Crippen LogP contribution in [-0.2, 0) is 26.4 Å². The van der Waals surface area contributed by atoms with E-state index in [9.17, 15) is 0 Å². The van der Waals surface area contributed by atoms with Gasteiger partial charge in [0, 0.05) is 13.5 Å². The molecular weight excluding hydrogens is 212 g/mol. The third-order valence-electron chi connectivity index (χ3n) is 2.95. The second-order valence-electron chi connectivity index (χ2n) is 4.13. The summed E-state index contributed by atoms with van der Waals surface area (Å²) in [6.45, 7) is 0.447. The van der Waals surface area contributed by atoms with Crippen LogP contribution in [0.15, 0.2) is 30.3 Å². The van der Waals surface area contributed by atoms with Gasteiger partial charge in [-0.05, 0) is 18.4 Å². The predicted octanol–water partition coefficient (Wildman–Crippen LogP) is 1.45. The van der Waals surface area contributed by atoms with E-state index in [1.807, 2.05) is 17.7 Å². The molecule has 0 unspecified atom stereocenters. The van der Waals surface area contributed by atoms with Crippen molar-refractivity contribution in [2.75, 3.05) is 0 Å².